The van der Waals surface area contributed by atoms with Crippen LogP contribution in [0, 0.1) is 0 Å². The van der Waals surface area contributed by atoms with E-state index >= 15 is 0 Å². The van der Waals surface area contributed by atoms with Crippen molar-refractivity contribution in [2.24, 2.45) is 0 Å². The summed E-state index contributed by atoms with van der Waals surface area (Å²) in [6, 6.07) is 19.4. The highest BCUT2D eigenvalue weighted by Gasteiger charge is 2.29. The second-order valence-electron chi connectivity index (χ2n) is 8.52. The fourth-order valence-electron chi connectivity index (χ4n) is 4.65. The molecule has 1 fully saturated rings. The predicted molar refractivity (Wildman–Crippen MR) is 125 cm³/mol. The third kappa shape index (κ3) is 4.81. The number of carbonyl (C=O) groups excluding carboxylic acids is 1. The van der Waals surface area contributed by atoms with Gasteiger partial charge in [-0.2, -0.15) is 5.10 Å². The van der Waals surface area contributed by atoms with Gasteiger partial charge >= 0.3 is 0 Å². The quantitative estimate of drug-likeness (QED) is 0.668. The summed E-state index contributed by atoms with van der Waals surface area (Å²) in [5.41, 5.74) is 3.45. The van der Waals surface area contributed by atoms with Crippen LogP contribution >= 0.6 is 0 Å². The van der Waals surface area contributed by atoms with E-state index in [9.17, 15) is 4.79 Å². The summed E-state index contributed by atoms with van der Waals surface area (Å²) in [4.78, 5) is 17.1. The molecule has 1 aliphatic heterocycles. The molecule has 3 aromatic rings. The maximum atomic E-state index is 12.7. The van der Waals surface area contributed by atoms with Crippen LogP contribution in [0.1, 0.15) is 25.1 Å². The number of nitrogens with one attached hydrogen (secondary N) is 1. The topological polar surface area (TPSA) is 53.4 Å². The fraction of sp³-hybridized carbons (Fsp3) is 0.440. The van der Waals surface area contributed by atoms with E-state index in [1.54, 1.807) is 6.92 Å². The van der Waals surface area contributed by atoms with Crippen molar-refractivity contribution < 1.29 is 4.79 Å². The van der Waals surface area contributed by atoms with Gasteiger partial charge in [0.2, 0.25) is 5.91 Å². The zero-order valence-corrected chi connectivity index (χ0v) is 18.8. The Labute approximate surface area is 184 Å². The fourth-order valence-corrected chi connectivity index (χ4v) is 4.65. The van der Waals surface area contributed by atoms with E-state index in [1.807, 2.05) is 21.7 Å². The molecule has 2 aromatic carbocycles. The van der Waals surface area contributed by atoms with Crippen LogP contribution in [0.4, 0.5) is 0 Å². The Hall–Kier alpha value is -2.70. The van der Waals surface area contributed by atoms with E-state index < -0.39 is 0 Å². The second-order valence-corrected chi connectivity index (χ2v) is 8.52. The number of benzene rings is 2. The normalized spacial score (nSPS) is 20.0. The van der Waals surface area contributed by atoms with Crippen LogP contribution in [0.5, 0.6) is 0 Å². The third-order valence-corrected chi connectivity index (χ3v) is 6.40. The van der Waals surface area contributed by atoms with Gasteiger partial charge in [-0.3, -0.25) is 14.4 Å². The van der Waals surface area contributed by atoms with Crippen molar-refractivity contribution >= 4 is 16.8 Å². The molecule has 0 saturated carbocycles. The molecule has 0 spiro atoms. The van der Waals surface area contributed by atoms with E-state index in [4.69, 9.17) is 5.10 Å². The first kappa shape index (κ1) is 21.5. The molecular formula is C25H33N5O. The summed E-state index contributed by atoms with van der Waals surface area (Å²) in [6.07, 6.45) is 1.00. The molecule has 2 unspecified atom stereocenters. The van der Waals surface area contributed by atoms with Crippen molar-refractivity contribution in [3.63, 3.8) is 0 Å². The number of hydrogen-bond donors (Lipinski definition) is 1. The molecule has 31 heavy (non-hydrogen) atoms. The van der Waals surface area contributed by atoms with Gasteiger partial charge in [0.25, 0.3) is 0 Å². The van der Waals surface area contributed by atoms with Gasteiger partial charge in [0, 0.05) is 44.5 Å². The van der Waals surface area contributed by atoms with E-state index in [-0.39, 0.29) is 11.9 Å². The number of hydrogen-bond acceptors (Lipinski definition) is 4. The molecule has 1 saturated heterocycles. The number of aromatic nitrogens is 2. The zero-order chi connectivity index (χ0) is 21.8. The minimum atomic E-state index is 0.0943. The predicted octanol–water partition coefficient (Wildman–Crippen LogP) is 2.92. The first-order valence-corrected chi connectivity index (χ1v) is 11.2. The second kappa shape index (κ2) is 9.62. The van der Waals surface area contributed by atoms with Crippen LogP contribution in [-0.4, -0.2) is 64.3 Å². The van der Waals surface area contributed by atoms with Crippen molar-refractivity contribution in [2.75, 3.05) is 26.7 Å². The van der Waals surface area contributed by atoms with Gasteiger partial charge in [0.05, 0.1) is 23.8 Å². The Kier molecular flexibility index (Phi) is 6.68. The van der Waals surface area contributed by atoms with Gasteiger partial charge in [-0.15, -0.1) is 0 Å². The molecular weight excluding hydrogens is 386 g/mol. The van der Waals surface area contributed by atoms with Crippen LogP contribution in [-0.2, 0) is 24.3 Å². The Morgan fingerprint density at radius 2 is 1.87 bits per heavy atom. The van der Waals surface area contributed by atoms with Gasteiger partial charge in [-0.25, -0.2) is 0 Å². The van der Waals surface area contributed by atoms with Crippen molar-refractivity contribution in [2.45, 2.75) is 45.4 Å². The van der Waals surface area contributed by atoms with Crippen molar-refractivity contribution in [1.82, 2.24) is 24.9 Å². The maximum Gasteiger partial charge on any atom is 0.220 e. The molecule has 0 bridgehead atoms. The molecule has 164 valence electrons. The standard InChI is InChI=1S/C25H33N5O/c1-4-30-25-13-9-8-12-23(25)24(27-30)18-29(19(2)31)22-16-26-15-21(28(3)17-22)14-20-10-6-5-7-11-20/h5-13,21-22,26H,4,14-18H2,1-3H3. The molecule has 6 heteroatoms. The van der Waals surface area contributed by atoms with E-state index in [2.05, 4.69) is 66.7 Å². The minimum Gasteiger partial charge on any atom is -0.331 e. The smallest absolute Gasteiger partial charge is 0.220 e. The molecule has 0 aliphatic carbocycles. The first-order chi connectivity index (χ1) is 15.1. The van der Waals surface area contributed by atoms with Crippen LogP contribution in [0.2, 0.25) is 0 Å². The van der Waals surface area contributed by atoms with Crippen LogP contribution < -0.4 is 5.32 Å². The Balaban J connectivity index is 1.52. The average molecular weight is 420 g/mol. The van der Waals surface area contributed by atoms with Gasteiger partial charge in [-0.05, 0) is 32.0 Å². The monoisotopic (exact) mass is 419 g/mol. The molecule has 1 amide bonds. The van der Waals surface area contributed by atoms with E-state index in [0.717, 1.165) is 49.2 Å². The number of nitrogens with zero attached hydrogens (tertiary/aromatic N) is 4. The lowest BCUT2D eigenvalue weighted by Gasteiger charge is -2.33. The minimum absolute atomic E-state index is 0.0943. The number of amides is 1. The van der Waals surface area contributed by atoms with Crippen LogP contribution in [0.25, 0.3) is 10.9 Å². The summed E-state index contributed by atoms with van der Waals surface area (Å²) < 4.78 is 2.02. The number of rotatable bonds is 6. The molecule has 0 radical (unpaired) electrons. The van der Waals surface area contributed by atoms with Crippen LogP contribution in [0.3, 0.4) is 0 Å². The summed E-state index contributed by atoms with van der Waals surface area (Å²) in [5, 5.41) is 9.57. The summed E-state index contributed by atoms with van der Waals surface area (Å²) in [5.74, 6) is 0.0943. The Morgan fingerprint density at radius 3 is 2.61 bits per heavy atom. The lowest BCUT2D eigenvalue weighted by atomic mass is 10.1. The summed E-state index contributed by atoms with van der Waals surface area (Å²) >= 11 is 0. The molecule has 2 atom stereocenters. The average Bonchev–Trinajstić information content (AvgIpc) is 3.04. The summed E-state index contributed by atoms with van der Waals surface area (Å²) in [7, 11) is 2.17. The summed E-state index contributed by atoms with van der Waals surface area (Å²) in [6.45, 7) is 7.68. The Bertz CT molecular complexity index is 1020. The van der Waals surface area contributed by atoms with Gasteiger partial charge in [0.1, 0.15) is 0 Å². The molecule has 6 nitrogen and oxygen atoms in total. The highest BCUT2D eigenvalue weighted by Crippen LogP contribution is 2.22. The van der Waals surface area contributed by atoms with Gasteiger partial charge in [0.15, 0.2) is 0 Å². The number of para-hydroxylation sites is 1. The molecule has 2 heterocycles. The molecule has 1 aromatic heterocycles. The van der Waals surface area contributed by atoms with Gasteiger partial charge < -0.3 is 10.2 Å². The third-order valence-electron chi connectivity index (χ3n) is 6.40. The highest BCUT2D eigenvalue weighted by molar-refractivity contribution is 5.82. The molecule has 4 rings (SSSR count). The number of aryl methyl sites for hydroxylation is 1. The first-order valence-electron chi connectivity index (χ1n) is 11.2. The Morgan fingerprint density at radius 1 is 1.13 bits per heavy atom. The number of carbonyl (C=O) groups is 1. The highest BCUT2D eigenvalue weighted by atomic mass is 16.2. The van der Waals surface area contributed by atoms with Crippen molar-refractivity contribution in [3.8, 4) is 0 Å². The van der Waals surface area contributed by atoms with Gasteiger partial charge in [-0.1, -0.05) is 48.5 Å². The van der Waals surface area contributed by atoms with Crippen molar-refractivity contribution in [1.29, 1.82) is 0 Å². The zero-order valence-electron chi connectivity index (χ0n) is 18.8. The SMILES string of the molecule is CCn1nc(CN(C(C)=O)C2CNCC(Cc3ccccc3)N(C)C2)c2ccccc21. The molecule has 1 N–H and O–H groups in total. The maximum absolute atomic E-state index is 12.7. The molecule has 1 aliphatic rings. The number of likely N-dealkylation sites (N-methyl/N-ethyl adjacent to an activating group) is 1. The van der Waals surface area contributed by atoms with E-state index in [0.29, 0.717) is 12.6 Å². The van der Waals surface area contributed by atoms with E-state index in [1.165, 1.54) is 5.56 Å². The van der Waals surface area contributed by atoms with Crippen LogP contribution in [0.15, 0.2) is 54.6 Å². The lowest BCUT2D eigenvalue weighted by molar-refractivity contribution is -0.132. The van der Waals surface area contributed by atoms with Crippen molar-refractivity contribution in [3.05, 3.63) is 65.9 Å². The number of fused-ring (bicyclic) bond motifs is 1. The largest absolute Gasteiger partial charge is 0.331 e. The lowest BCUT2D eigenvalue weighted by Crippen LogP contribution is -2.48.